The number of rotatable bonds is 3. The highest BCUT2D eigenvalue weighted by molar-refractivity contribution is 7.89. The molecule has 17 heavy (non-hydrogen) atoms. The number of carboxylic acids is 1. The Bertz CT molecular complexity index is 536. The fraction of sp³-hybridized carbons (Fsp3) is 0.556. The van der Waals surface area contributed by atoms with Crippen molar-refractivity contribution in [2.45, 2.75) is 11.4 Å². The molecule has 1 aromatic heterocycles. The largest absolute Gasteiger partial charge is 0.481 e. The lowest BCUT2D eigenvalue weighted by atomic mass is 10.1. The third kappa shape index (κ3) is 2.05. The molecular formula is C9H13N3O4S. The summed E-state index contributed by atoms with van der Waals surface area (Å²) < 4.78 is 26.8. The second kappa shape index (κ2) is 4.11. The first kappa shape index (κ1) is 12.1. The quantitative estimate of drug-likeness (QED) is 0.791. The Morgan fingerprint density at radius 1 is 1.59 bits per heavy atom. The number of carboxylic acid groups (broad SMARTS) is 1. The van der Waals surface area contributed by atoms with Crippen LogP contribution in [0.25, 0.3) is 0 Å². The lowest BCUT2D eigenvalue weighted by molar-refractivity contribution is -0.141. The number of hydrogen-bond acceptors (Lipinski definition) is 4. The molecule has 1 aliphatic heterocycles. The predicted octanol–water partition coefficient (Wildman–Crippen LogP) is -0.485. The summed E-state index contributed by atoms with van der Waals surface area (Å²) in [6.07, 6.45) is 1.75. The van der Waals surface area contributed by atoms with Crippen molar-refractivity contribution >= 4 is 16.0 Å². The topological polar surface area (TPSA) is 92.5 Å². The van der Waals surface area contributed by atoms with E-state index in [4.69, 9.17) is 5.11 Å². The molecule has 0 aromatic carbocycles. The van der Waals surface area contributed by atoms with E-state index in [1.807, 2.05) is 0 Å². The molecule has 1 fully saturated rings. The molecule has 0 radical (unpaired) electrons. The summed E-state index contributed by atoms with van der Waals surface area (Å²) in [7, 11) is -2.08. The first-order chi connectivity index (χ1) is 7.93. The third-order valence-corrected chi connectivity index (χ3v) is 4.82. The van der Waals surface area contributed by atoms with Gasteiger partial charge < -0.3 is 5.11 Å². The maximum absolute atomic E-state index is 12.2. The molecule has 2 heterocycles. The van der Waals surface area contributed by atoms with Gasteiger partial charge in [-0.05, 0) is 12.5 Å². The summed E-state index contributed by atoms with van der Waals surface area (Å²) in [6.45, 7) is 0.271. The molecule has 1 N–H and O–H groups in total. The van der Waals surface area contributed by atoms with Gasteiger partial charge in [-0.25, -0.2) is 8.42 Å². The van der Waals surface area contributed by atoms with Crippen LogP contribution in [-0.2, 0) is 21.9 Å². The van der Waals surface area contributed by atoms with Crippen molar-refractivity contribution in [3.05, 3.63) is 12.3 Å². The number of aliphatic carboxylic acids is 1. The Labute approximate surface area is 98.7 Å². The minimum absolute atomic E-state index is 0.0306. The molecular weight excluding hydrogens is 246 g/mol. The minimum Gasteiger partial charge on any atom is -0.481 e. The zero-order chi connectivity index (χ0) is 12.6. The normalized spacial score (nSPS) is 21.8. The van der Waals surface area contributed by atoms with E-state index in [0.29, 0.717) is 6.42 Å². The molecule has 2 rings (SSSR count). The molecule has 1 unspecified atom stereocenters. The fourth-order valence-electron chi connectivity index (χ4n) is 1.90. The van der Waals surface area contributed by atoms with Crippen LogP contribution in [0.4, 0.5) is 0 Å². The number of aromatic nitrogens is 2. The standard InChI is InChI=1S/C9H13N3O4S/c1-11-8(2-4-10-11)17(15,16)12-5-3-7(6-12)9(13)14/h2,4,7H,3,5-6H2,1H3,(H,13,14). The molecule has 1 aliphatic rings. The molecule has 0 amide bonds. The van der Waals surface area contributed by atoms with E-state index >= 15 is 0 Å². The van der Waals surface area contributed by atoms with Gasteiger partial charge in [-0.1, -0.05) is 0 Å². The lowest BCUT2D eigenvalue weighted by Gasteiger charge is -2.15. The van der Waals surface area contributed by atoms with Gasteiger partial charge in [0, 0.05) is 20.1 Å². The van der Waals surface area contributed by atoms with E-state index in [2.05, 4.69) is 5.10 Å². The Morgan fingerprint density at radius 3 is 2.76 bits per heavy atom. The Balaban J connectivity index is 2.25. The second-order valence-electron chi connectivity index (χ2n) is 3.98. The van der Waals surface area contributed by atoms with Gasteiger partial charge in [0.25, 0.3) is 10.0 Å². The van der Waals surface area contributed by atoms with Crippen molar-refractivity contribution in [3.8, 4) is 0 Å². The number of nitrogens with zero attached hydrogens (tertiary/aromatic N) is 3. The smallest absolute Gasteiger partial charge is 0.307 e. The Kier molecular flexibility index (Phi) is 2.92. The molecule has 8 heteroatoms. The lowest BCUT2D eigenvalue weighted by Crippen LogP contribution is -2.31. The number of aryl methyl sites for hydroxylation is 1. The van der Waals surface area contributed by atoms with E-state index in [9.17, 15) is 13.2 Å². The predicted molar refractivity (Wildman–Crippen MR) is 57.7 cm³/mol. The maximum Gasteiger partial charge on any atom is 0.307 e. The molecule has 1 atom stereocenters. The average Bonchev–Trinajstić information content (AvgIpc) is 2.84. The van der Waals surface area contributed by atoms with Crippen LogP contribution in [0.3, 0.4) is 0 Å². The zero-order valence-electron chi connectivity index (χ0n) is 9.28. The summed E-state index contributed by atoms with van der Waals surface area (Å²) >= 11 is 0. The van der Waals surface area contributed by atoms with Crippen LogP contribution in [0, 0.1) is 5.92 Å². The summed E-state index contributed by atoms with van der Waals surface area (Å²) in [6, 6.07) is 1.41. The van der Waals surface area contributed by atoms with E-state index in [1.165, 1.54) is 28.3 Å². The maximum atomic E-state index is 12.2. The monoisotopic (exact) mass is 259 g/mol. The van der Waals surface area contributed by atoms with Gasteiger partial charge in [0.1, 0.15) is 0 Å². The van der Waals surface area contributed by atoms with Crippen LogP contribution >= 0.6 is 0 Å². The zero-order valence-corrected chi connectivity index (χ0v) is 10.1. The van der Waals surface area contributed by atoms with E-state index in [0.717, 1.165) is 0 Å². The first-order valence-electron chi connectivity index (χ1n) is 5.14. The first-order valence-corrected chi connectivity index (χ1v) is 6.58. The summed E-state index contributed by atoms with van der Waals surface area (Å²) in [5, 5.41) is 12.7. The van der Waals surface area contributed by atoms with Gasteiger partial charge in [0.05, 0.1) is 12.1 Å². The molecule has 94 valence electrons. The van der Waals surface area contributed by atoms with Gasteiger partial charge in [-0.3, -0.25) is 9.48 Å². The molecule has 1 saturated heterocycles. The highest BCUT2D eigenvalue weighted by Crippen LogP contribution is 2.23. The minimum atomic E-state index is -3.62. The highest BCUT2D eigenvalue weighted by Gasteiger charge is 2.36. The van der Waals surface area contributed by atoms with Crippen molar-refractivity contribution in [1.29, 1.82) is 0 Å². The van der Waals surface area contributed by atoms with Crippen LogP contribution in [-0.4, -0.2) is 46.7 Å². The summed E-state index contributed by atoms with van der Waals surface area (Å²) in [4.78, 5) is 10.8. The van der Waals surface area contributed by atoms with Crippen molar-refractivity contribution in [2.24, 2.45) is 13.0 Å². The van der Waals surface area contributed by atoms with Crippen LogP contribution < -0.4 is 0 Å². The van der Waals surface area contributed by atoms with E-state index < -0.39 is 21.9 Å². The number of carbonyl (C=O) groups is 1. The van der Waals surface area contributed by atoms with Gasteiger partial charge in [-0.2, -0.15) is 9.40 Å². The van der Waals surface area contributed by atoms with Gasteiger partial charge in [0.2, 0.25) is 0 Å². The van der Waals surface area contributed by atoms with Crippen molar-refractivity contribution in [1.82, 2.24) is 14.1 Å². The molecule has 1 aromatic rings. The molecule has 0 bridgehead atoms. The molecule has 7 nitrogen and oxygen atoms in total. The van der Waals surface area contributed by atoms with Crippen LogP contribution in [0.5, 0.6) is 0 Å². The molecule has 0 spiro atoms. The van der Waals surface area contributed by atoms with Crippen molar-refractivity contribution < 1.29 is 18.3 Å². The number of hydrogen-bond donors (Lipinski definition) is 1. The third-order valence-electron chi connectivity index (χ3n) is 2.88. The fourth-order valence-corrected chi connectivity index (χ4v) is 3.50. The van der Waals surface area contributed by atoms with E-state index in [1.54, 1.807) is 0 Å². The Morgan fingerprint density at radius 2 is 2.29 bits per heavy atom. The summed E-state index contributed by atoms with van der Waals surface area (Å²) in [5.41, 5.74) is 0. The SMILES string of the molecule is Cn1nccc1S(=O)(=O)N1CCC(C(=O)O)C1. The van der Waals surface area contributed by atoms with Crippen LogP contribution in [0.1, 0.15) is 6.42 Å². The Hall–Kier alpha value is -1.41. The molecule has 0 aliphatic carbocycles. The van der Waals surface area contributed by atoms with Crippen molar-refractivity contribution in [2.75, 3.05) is 13.1 Å². The molecule has 0 saturated carbocycles. The van der Waals surface area contributed by atoms with Crippen LogP contribution in [0.2, 0.25) is 0 Å². The average molecular weight is 259 g/mol. The van der Waals surface area contributed by atoms with E-state index in [-0.39, 0.29) is 18.1 Å². The van der Waals surface area contributed by atoms with Gasteiger partial charge in [-0.15, -0.1) is 0 Å². The van der Waals surface area contributed by atoms with Crippen LogP contribution in [0.15, 0.2) is 17.3 Å². The van der Waals surface area contributed by atoms with Gasteiger partial charge >= 0.3 is 5.97 Å². The van der Waals surface area contributed by atoms with Crippen molar-refractivity contribution in [3.63, 3.8) is 0 Å². The summed E-state index contributed by atoms with van der Waals surface area (Å²) in [5.74, 6) is -1.56. The highest BCUT2D eigenvalue weighted by atomic mass is 32.2. The number of sulfonamides is 1. The second-order valence-corrected chi connectivity index (χ2v) is 5.86. The van der Waals surface area contributed by atoms with Gasteiger partial charge in [0.15, 0.2) is 5.03 Å².